The van der Waals surface area contributed by atoms with Crippen molar-refractivity contribution in [2.75, 3.05) is 5.32 Å². The molecular formula is C19H24N2O2. The Balaban J connectivity index is 1.99. The number of nitrogens with one attached hydrogen (secondary N) is 1. The lowest BCUT2D eigenvalue weighted by Crippen LogP contribution is -2.38. The van der Waals surface area contributed by atoms with Crippen LogP contribution in [-0.2, 0) is 11.3 Å². The number of hydrogen-bond acceptors (Lipinski definition) is 3. The van der Waals surface area contributed by atoms with Crippen molar-refractivity contribution in [2.45, 2.75) is 33.7 Å². The van der Waals surface area contributed by atoms with Crippen LogP contribution >= 0.6 is 0 Å². The molecule has 23 heavy (non-hydrogen) atoms. The third kappa shape index (κ3) is 4.57. The van der Waals surface area contributed by atoms with Crippen molar-refractivity contribution in [1.29, 1.82) is 0 Å². The highest BCUT2D eigenvalue weighted by atomic mass is 16.5. The summed E-state index contributed by atoms with van der Waals surface area (Å²) in [7, 11) is 0. The minimum atomic E-state index is -0.552. The van der Waals surface area contributed by atoms with Crippen molar-refractivity contribution in [3.05, 3.63) is 60.2 Å². The Bertz CT molecular complexity index is 636. The molecule has 1 amide bonds. The fraction of sp³-hybridized carbons (Fsp3) is 0.316. The maximum Gasteiger partial charge on any atom is 0.251 e. The summed E-state index contributed by atoms with van der Waals surface area (Å²) in [6, 6.07) is 17.6. The molecular weight excluding hydrogens is 288 g/mol. The van der Waals surface area contributed by atoms with Crippen LogP contribution in [0.1, 0.15) is 32.8 Å². The van der Waals surface area contributed by atoms with Gasteiger partial charge in [0, 0.05) is 16.8 Å². The van der Waals surface area contributed by atoms with Crippen LogP contribution in [0.3, 0.4) is 0 Å². The number of amides is 1. The number of hydrogen-bond donors (Lipinski definition) is 2. The van der Waals surface area contributed by atoms with Crippen molar-refractivity contribution in [3.8, 4) is 0 Å². The topological polar surface area (TPSA) is 52.6 Å². The molecule has 4 heteroatoms. The first-order chi connectivity index (χ1) is 10.9. The molecule has 0 heterocycles. The number of para-hydroxylation sites is 1. The average molecular weight is 312 g/mol. The number of anilines is 2. The summed E-state index contributed by atoms with van der Waals surface area (Å²) in [6.45, 7) is 5.81. The molecule has 2 aromatic rings. The Hall–Kier alpha value is -2.33. The molecule has 0 atom stereocenters. The van der Waals surface area contributed by atoms with E-state index in [2.05, 4.69) is 5.32 Å². The van der Waals surface area contributed by atoms with Crippen LogP contribution in [-0.4, -0.2) is 16.2 Å². The number of hydroxylamine groups is 2. The lowest BCUT2D eigenvalue weighted by atomic mass is 9.89. The largest absolute Gasteiger partial charge is 0.356 e. The first-order valence-corrected chi connectivity index (χ1v) is 7.84. The Morgan fingerprint density at radius 1 is 1.04 bits per heavy atom. The number of benzene rings is 2. The summed E-state index contributed by atoms with van der Waals surface area (Å²) in [4.78, 5) is 12.2. The van der Waals surface area contributed by atoms with Crippen LogP contribution < -0.4 is 5.32 Å². The molecule has 0 fully saturated rings. The molecule has 2 N–H and O–H groups in total. The van der Waals surface area contributed by atoms with Gasteiger partial charge in [0.15, 0.2) is 0 Å². The van der Waals surface area contributed by atoms with Gasteiger partial charge in [-0.05, 0) is 36.2 Å². The SMILES string of the molecule is CCC(C)(C)C(=O)N(O)Cc1ccc(Nc2ccccc2)cc1. The average Bonchev–Trinajstić information content (AvgIpc) is 2.56. The second kappa shape index (κ2) is 7.29. The van der Waals surface area contributed by atoms with Crippen LogP contribution in [0.4, 0.5) is 11.4 Å². The molecule has 0 saturated carbocycles. The van der Waals surface area contributed by atoms with E-state index in [1.54, 1.807) is 0 Å². The van der Waals surface area contributed by atoms with Crippen molar-refractivity contribution < 1.29 is 10.0 Å². The molecule has 0 aliphatic heterocycles. The zero-order valence-electron chi connectivity index (χ0n) is 13.9. The standard InChI is InChI=1S/C19H24N2O2/c1-4-19(2,3)18(22)21(23)14-15-10-12-17(13-11-15)20-16-8-6-5-7-9-16/h5-13,20,23H,4,14H2,1-3H3. The second-order valence-corrected chi connectivity index (χ2v) is 6.29. The summed E-state index contributed by atoms with van der Waals surface area (Å²) in [5, 5.41) is 14.1. The second-order valence-electron chi connectivity index (χ2n) is 6.29. The normalized spacial score (nSPS) is 11.1. The third-order valence-corrected chi connectivity index (χ3v) is 4.05. The maximum absolute atomic E-state index is 12.2. The quantitative estimate of drug-likeness (QED) is 0.606. The van der Waals surface area contributed by atoms with Gasteiger partial charge in [0.1, 0.15) is 0 Å². The highest BCUT2D eigenvalue weighted by Crippen LogP contribution is 2.23. The van der Waals surface area contributed by atoms with Gasteiger partial charge in [-0.1, -0.05) is 51.1 Å². The Kier molecular flexibility index (Phi) is 5.40. The minimum absolute atomic E-state index is 0.188. The third-order valence-electron chi connectivity index (χ3n) is 4.05. The van der Waals surface area contributed by atoms with Gasteiger partial charge >= 0.3 is 0 Å². The fourth-order valence-corrected chi connectivity index (χ4v) is 2.13. The van der Waals surface area contributed by atoms with E-state index in [4.69, 9.17) is 0 Å². The molecule has 0 unspecified atom stereocenters. The molecule has 0 spiro atoms. The van der Waals surface area contributed by atoms with Gasteiger partial charge in [0.2, 0.25) is 0 Å². The highest BCUT2D eigenvalue weighted by Gasteiger charge is 2.29. The van der Waals surface area contributed by atoms with E-state index in [0.717, 1.165) is 22.0 Å². The molecule has 4 nitrogen and oxygen atoms in total. The molecule has 0 aliphatic rings. The zero-order chi connectivity index (χ0) is 16.9. The van der Waals surface area contributed by atoms with Gasteiger partial charge in [0.05, 0.1) is 6.54 Å². The van der Waals surface area contributed by atoms with E-state index in [1.807, 2.05) is 75.4 Å². The van der Waals surface area contributed by atoms with Crippen LogP contribution in [0, 0.1) is 5.41 Å². The highest BCUT2D eigenvalue weighted by molar-refractivity contribution is 5.80. The first-order valence-electron chi connectivity index (χ1n) is 7.84. The molecule has 2 aromatic carbocycles. The van der Waals surface area contributed by atoms with Gasteiger partial charge in [-0.3, -0.25) is 10.0 Å². The monoisotopic (exact) mass is 312 g/mol. The van der Waals surface area contributed by atoms with E-state index in [1.165, 1.54) is 0 Å². The Morgan fingerprint density at radius 2 is 1.61 bits per heavy atom. The smallest absolute Gasteiger partial charge is 0.251 e. The van der Waals surface area contributed by atoms with Gasteiger partial charge in [-0.2, -0.15) is 0 Å². The Morgan fingerprint density at radius 3 is 2.17 bits per heavy atom. The summed E-state index contributed by atoms with van der Waals surface area (Å²) in [6.07, 6.45) is 0.683. The summed E-state index contributed by atoms with van der Waals surface area (Å²) in [5.41, 5.74) is 2.31. The van der Waals surface area contributed by atoms with E-state index in [0.29, 0.717) is 6.42 Å². The van der Waals surface area contributed by atoms with Crippen LogP contribution in [0.2, 0.25) is 0 Å². The summed E-state index contributed by atoms with van der Waals surface area (Å²) >= 11 is 0. The van der Waals surface area contributed by atoms with E-state index in [9.17, 15) is 10.0 Å². The molecule has 0 aromatic heterocycles. The summed E-state index contributed by atoms with van der Waals surface area (Å²) in [5.74, 6) is -0.258. The molecule has 122 valence electrons. The lowest BCUT2D eigenvalue weighted by molar-refractivity contribution is -0.178. The van der Waals surface area contributed by atoms with Gasteiger partial charge in [-0.25, -0.2) is 5.06 Å². The first kappa shape index (κ1) is 17.0. The molecule has 0 radical (unpaired) electrons. The van der Waals surface area contributed by atoms with Crippen LogP contribution in [0.15, 0.2) is 54.6 Å². The van der Waals surface area contributed by atoms with Crippen molar-refractivity contribution in [3.63, 3.8) is 0 Å². The number of carbonyl (C=O) groups is 1. The molecule has 0 bridgehead atoms. The number of nitrogens with zero attached hydrogens (tertiary/aromatic N) is 1. The molecule has 2 rings (SSSR count). The molecule has 0 aliphatic carbocycles. The van der Waals surface area contributed by atoms with Crippen molar-refractivity contribution in [1.82, 2.24) is 5.06 Å². The minimum Gasteiger partial charge on any atom is -0.356 e. The van der Waals surface area contributed by atoms with Gasteiger partial charge < -0.3 is 5.32 Å². The van der Waals surface area contributed by atoms with Crippen molar-refractivity contribution in [2.24, 2.45) is 5.41 Å². The van der Waals surface area contributed by atoms with E-state index >= 15 is 0 Å². The predicted octanol–water partition coefficient (Wildman–Crippen LogP) is 4.58. The van der Waals surface area contributed by atoms with Crippen LogP contribution in [0.25, 0.3) is 0 Å². The maximum atomic E-state index is 12.2. The summed E-state index contributed by atoms with van der Waals surface area (Å²) < 4.78 is 0. The molecule has 0 saturated heterocycles. The lowest BCUT2D eigenvalue weighted by Gasteiger charge is -2.26. The van der Waals surface area contributed by atoms with Crippen molar-refractivity contribution >= 4 is 17.3 Å². The predicted molar refractivity (Wildman–Crippen MR) is 92.6 cm³/mol. The van der Waals surface area contributed by atoms with E-state index in [-0.39, 0.29) is 12.5 Å². The van der Waals surface area contributed by atoms with Crippen LogP contribution in [0.5, 0.6) is 0 Å². The number of rotatable bonds is 6. The van der Waals surface area contributed by atoms with E-state index < -0.39 is 5.41 Å². The fourth-order valence-electron chi connectivity index (χ4n) is 2.13. The number of carbonyl (C=O) groups excluding carboxylic acids is 1. The van der Waals surface area contributed by atoms with Gasteiger partial charge in [0.25, 0.3) is 5.91 Å². The Labute approximate surface area is 137 Å². The zero-order valence-corrected chi connectivity index (χ0v) is 13.9. The van der Waals surface area contributed by atoms with Gasteiger partial charge in [-0.15, -0.1) is 0 Å².